The molecule has 132 valence electrons. The Kier molecular flexibility index (Phi) is 7.75. The first-order valence-corrected chi connectivity index (χ1v) is 7.71. The van der Waals surface area contributed by atoms with Gasteiger partial charge in [0.1, 0.15) is 11.0 Å². The van der Waals surface area contributed by atoms with Gasteiger partial charge in [0, 0.05) is 25.2 Å². The van der Waals surface area contributed by atoms with E-state index in [1.54, 1.807) is 31.2 Å². The van der Waals surface area contributed by atoms with E-state index in [-0.39, 0.29) is 30.7 Å². The van der Waals surface area contributed by atoms with E-state index in [1.165, 1.54) is 18.4 Å². The largest absolute Gasteiger partial charge is 0.469 e. The van der Waals surface area contributed by atoms with Crippen LogP contribution in [0.15, 0.2) is 12.4 Å². The average molecular weight is 375 g/mol. The summed E-state index contributed by atoms with van der Waals surface area (Å²) in [5.74, 6) is -0.561. The van der Waals surface area contributed by atoms with Gasteiger partial charge in [0.25, 0.3) is 0 Å². The standard InChI is InChI=1S/C13H18N6O3S.ClH/c1-14-11(8-6-15-19(2)7-8)12(21)16-13-18-17-9(23-13)4-5-10(20)22-3;/h6-7,11,14H,4-5H2,1-3H3,(H,16,18,21);1H. The van der Waals surface area contributed by atoms with Gasteiger partial charge in [-0.1, -0.05) is 11.3 Å². The molecule has 0 radical (unpaired) electrons. The van der Waals surface area contributed by atoms with Crippen LogP contribution in [-0.4, -0.2) is 46.0 Å². The third kappa shape index (κ3) is 5.25. The predicted octanol–water partition coefficient (Wildman–Crippen LogP) is 0.698. The van der Waals surface area contributed by atoms with E-state index in [4.69, 9.17) is 0 Å². The summed E-state index contributed by atoms with van der Waals surface area (Å²) in [6.45, 7) is 0. The summed E-state index contributed by atoms with van der Waals surface area (Å²) >= 11 is 1.23. The summed E-state index contributed by atoms with van der Waals surface area (Å²) in [7, 11) is 4.82. The number of likely N-dealkylation sites (N-methyl/N-ethyl adjacent to an activating group) is 1. The van der Waals surface area contributed by atoms with Crippen molar-refractivity contribution in [3.05, 3.63) is 23.0 Å². The highest BCUT2D eigenvalue weighted by Crippen LogP contribution is 2.19. The summed E-state index contributed by atoms with van der Waals surface area (Å²) in [5.41, 5.74) is 0.753. The summed E-state index contributed by atoms with van der Waals surface area (Å²) in [6.07, 6.45) is 4.05. The molecule has 0 spiro atoms. The zero-order valence-electron chi connectivity index (χ0n) is 13.5. The quantitative estimate of drug-likeness (QED) is 0.686. The first-order valence-electron chi connectivity index (χ1n) is 6.89. The molecule has 24 heavy (non-hydrogen) atoms. The van der Waals surface area contributed by atoms with E-state index >= 15 is 0 Å². The van der Waals surface area contributed by atoms with Gasteiger partial charge in [-0.05, 0) is 7.05 Å². The van der Waals surface area contributed by atoms with Gasteiger partial charge in [-0.3, -0.25) is 19.6 Å². The Morgan fingerprint density at radius 2 is 2.17 bits per heavy atom. The summed E-state index contributed by atoms with van der Waals surface area (Å²) in [6, 6.07) is -0.536. The molecular formula is C13H19ClN6O3S. The molecule has 2 aromatic rings. The molecule has 2 rings (SSSR count). The van der Waals surface area contributed by atoms with Gasteiger partial charge in [-0.15, -0.1) is 22.6 Å². The number of rotatable bonds is 7. The smallest absolute Gasteiger partial charge is 0.305 e. The molecule has 0 aromatic carbocycles. The number of esters is 1. The number of methoxy groups -OCH3 is 1. The fourth-order valence-electron chi connectivity index (χ4n) is 1.93. The molecule has 0 aliphatic heterocycles. The van der Waals surface area contributed by atoms with Gasteiger partial charge in [0.2, 0.25) is 11.0 Å². The normalized spacial score (nSPS) is 11.5. The van der Waals surface area contributed by atoms with E-state index in [0.717, 1.165) is 5.56 Å². The molecule has 0 saturated heterocycles. The van der Waals surface area contributed by atoms with Crippen molar-refractivity contribution in [1.82, 2.24) is 25.3 Å². The molecule has 1 amide bonds. The Balaban J connectivity index is 0.00000288. The zero-order chi connectivity index (χ0) is 16.8. The van der Waals surface area contributed by atoms with Crippen LogP contribution in [0.25, 0.3) is 0 Å². The third-order valence-corrected chi connectivity index (χ3v) is 3.98. The Hall–Kier alpha value is -2.04. The maximum atomic E-state index is 12.3. The average Bonchev–Trinajstić information content (AvgIpc) is 3.15. The predicted molar refractivity (Wildman–Crippen MR) is 91.1 cm³/mol. The summed E-state index contributed by atoms with van der Waals surface area (Å²) < 4.78 is 6.20. The SMILES string of the molecule is CNC(C(=O)Nc1nnc(CCC(=O)OC)s1)c1cnn(C)c1.Cl. The molecule has 0 fully saturated rings. The maximum Gasteiger partial charge on any atom is 0.305 e. The minimum absolute atomic E-state index is 0. The van der Waals surface area contributed by atoms with Crippen LogP contribution in [0.5, 0.6) is 0 Å². The monoisotopic (exact) mass is 374 g/mol. The van der Waals surface area contributed by atoms with Crippen LogP contribution in [-0.2, 0) is 27.8 Å². The number of aromatic nitrogens is 4. The van der Waals surface area contributed by atoms with Crippen molar-refractivity contribution in [2.24, 2.45) is 7.05 Å². The second-order valence-electron chi connectivity index (χ2n) is 4.74. The number of hydrogen-bond donors (Lipinski definition) is 2. The number of aryl methyl sites for hydroxylation is 2. The van der Waals surface area contributed by atoms with Crippen LogP contribution in [0.3, 0.4) is 0 Å². The van der Waals surface area contributed by atoms with Crippen molar-refractivity contribution in [2.75, 3.05) is 19.5 Å². The summed E-state index contributed by atoms with van der Waals surface area (Å²) in [4.78, 5) is 23.4. The summed E-state index contributed by atoms with van der Waals surface area (Å²) in [5, 5.41) is 18.6. The van der Waals surface area contributed by atoms with Crippen molar-refractivity contribution < 1.29 is 14.3 Å². The molecule has 9 nitrogen and oxygen atoms in total. The number of amides is 1. The van der Waals surface area contributed by atoms with Crippen LogP contribution in [0.1, 0.15) is 23.0 Å². The van der Waals surface area contributed by atoms with E-state index in [0.29, 0.717) is 16.6 Å². The maximum absolute atomic E-state index is 12.3. The number of carbonyl (C=O) groups is 2. The number of carbonyl (C=O) groups excluding carboxylic acids is 2. The van der Waals surface area contributed by atoms with Crippen molar-refractivity contribution in [3.8, 4) is 0 Å². The number of nitrogens with zero attached hydrogens (tertiary/aromatic N) is 4. The Labute approximate surface area is 149 Å². The van der Waals surface area contributed by atoms with Gasteiger partial charge in [0.15, 0.2) is 0 Å². The highest BCUT2D eigenvalue weighted by atomic mass is 35.5. The first kappa shape index (κ1) is 20.0. The molecular weight excluding hydrogens is 356 g/mol. The van der Waals surface area contributed by atoms with Crippen LogP contribution in [0.2, 0.25) is 0 Å². The van der Waals surface area contributed by atoms with Crippen molar-refractivity contribution in [1.29, 1.82) is 0 Å². The van der Waals surface area contributed by atoms with Crippen molar-refractivity contribution in [3.63, 3.8) is 0 Å². The van der Waals surface area contributed by atoms with Crippen molar-refractivity contribution in [2.45, 2.75) is 18.9 Å². The van der Waals surface area contributed by atoms with Gasteiger partial charge in [-0.25, -0.2) is 0 Å². The van der Waals surface area contributed by atoms with Gasteiger partial charge >= 0.3 is 5.97 Å². The van der Waals surface area contributed by atoms with Crippen LogP contribution < -0.4 is 10.6 Å². The Morgan fingerprint density at radius 3 is 2.75 bits per heavy atom. The lowest BCUT2D eigenvalue weighted by Crippen LogP contribution is -2.30. The number of hydrogen-bond acceptors (Lipinski definition) is 8. The lowest BCUT2D eigenvalue weighted by Gasteiger charge is -2.12. The Morgan fingerprint density at radius 1 is 1.42 bits per heavy atom. The van der Waals surface area contributed by atoms with E-state index in [9.17, 15) is 9.59 Å². The lowest BCUT2D eigenvalue weighted by atomic mass is 10.1. The fraction of sp³-hybridized carbons (Fsp3) is 0.462. The fourth-order valence-corrected chi connectivity index (χ4v) is 2.67. The minimum atomic E-state index is -0.536. The minimum Gasteiger partial charge on any atom is -0.469 e. The molecule has 2 N–H and O–H groups in total. The number of anilines is 1. The first-order chi connectivity index (χ1) is 11.0. The van der Waals surface area contributed by atoms with E-state index in [1.807, 2.05) is 0 Å². The number of halogens is 1. The zero-order valence-corrected chi connectivity index (χ0v) is 15.1. The lowest BCUT2D eigenvalue weighted by molar-refractivity contribution is -0.140. The molecule has 1 unspecified atom stereocenters. The second kappa shape index (κ2) is 9.30. The van der Waals surface area contributed by atoms with Crippen LogP contribution >= 0.6 is 23.7 Å². The molecule has 11 heteroatoms. The molecule has 0 aliphatic carbocycles. The van der Waals surface area contributed by atoms with Crippen molar-refractivity contribution >= 4 is 40.8 Å². The van der Waals surface area contributed by atoms with Gasteiger partial charge in [0.05, 0.1) is 19.7 Å². The molecule has 1 atom stereocenters. The number of nitrogens with one attached hydrogen (secondary N) is 2. The molecule has 2 aromatic heterocycles. The van der Waals surface area contributed by atoms with Crippen LogP contribution in [0, 0.1) is 0 Å². The number of ether oxygens (including phenoxy) is 1. The van der Waals surface area contributed by atoms with E-state index < -0.39 is 6.04 Å². The highest BCUT2D eigenvalue weighted by molar-refractivity contribution is 7.15. The van der Waals surface area contributed by atoms with Gasteiger partial charge in [-0.2, -0.15) is 5.10 Å². The molecule has 0 bridgehead atoms. The van der Waals surface area contributed by atoms with Gasteiger partial charge < -0.3 is 10.1 Å². The molecule has 0 saturated carbocycles. The second-order valence-corrected chi connectivity index (χ2v) is 5.80. The van der Waals surface area contributed by atoms with E-state index in [2.05, 4.69) is 30.7 Å². The Bertz CT molecular complexity index is 689. The molecule has 2 heterocycles. The third-order valence-electron chi connectivity index (χ3n) is 3.08. The topological polar surface area (TPSA) is 111 Å². The van der Waals surface area contributed by atoms with Crippen LogP contribution in [0.4, 0.5) is 5.13 Å². The molecule has 0 aliphatic rings. The highest BCUT2D eigenvalue weighted by Gasteiger charge is 2.21.